The van der Waals surface area contributed by atoms with Crippen molar-refractivity contribution >= 4 is 0 Å². The van der Waals surface area contributed by atoms with Gasteiger partial charge in [-0.2, -0.15) is 10.2 Å². The van der Waals surface area contributed by atoms with Crippen LogP contribution in [-0.4, -0.2) is 16.9 Å². The average Bonchev–Trinajstić information content (AvgIpc) is 2.38. The Kier molecular flexibility index (Phi) is 1.53. The van der Waals surface area contributed by atoms with Gasteiger partial charge in [0.05, 0.1) is 6.04 Å². The Morgan fingerprint density at radius 2 is 2.00 bits per heavy atom. The molecule has 0 aromatic carbocycles. The van der Waals surface area contributed by atoms with E-state index >= 15 is 0 Å². The Bertz CT molecular complexity index is 122. The van der Waals surface area contributed by atoms with Crippen LogP contribution in [0.2, 0.25) is 0 Å². The SMILES string of the molecule is CC(C)(O)/N=N/C1CC1. The van der Waals surface area contributed by atoms with Gasteiger partial charge in [-0.3, -0.25) is 0 Å². The average molecular weight is 128 g/mol. The van der Waals surface area contributed by atoms with E-state index in [0.717, 1.165) is 12.8 Å². The lowest BCUT2D eigenvalue weighted by Crippen LogP contribution is -2.13. The molecule has 0 aromatic heterocycles. The molecule has 0 atom stereocenters. The van der Waals surface area contributed by atoms with Gasteiger partial charge in [-0.05, 0) is 26.7 Å². The summed E-state index contributed by atoms with van der Waals surface area (Å²) >= 11 is 0. The Morgan fingerprint density at radius 1 is 1.44 bits per heavy atom. The molecule has 3 nitrogen and oxygen atoms in total. The highest BCUT2D eigenvalue weighted by Gasteiger charge is 2.21. The minimum absolute atomic E-state index is 0.413. The molecule has 9 heavy (non-hydrogen) atoms. The molecule has 0 radical (unpaired) electrons. The number of azo groups is 1. The van der Waals surface area contributed by atoms with Crippen molar-refractivity contribution in [1.82, 2.24) is 0 Å². The summed E-state index contributed by atoms with van der Waals surface area (Å²) in [5.74, 6) is 0. The quantitative estimate of drug-likeness (QED) is 0.560. The highest BCUT2D eigenvalue weighted by atomic mass is 16.3. The number of hydrogen-bond donors (Lipinski definition) is 1. The minimum atomic E-state index is -0.970. The van der Waals surface area contributed by atoms with Gasteiger partial charge in [0.2, 0.25) is 0 Å². The Labute approximate surface area is 54.8 Å². The number of rotatable bonds is 2. The zero-order valence-corrected chi connectivity index (χ0v) is 5.83. The van der Waals surface area contributed by atoms with E-state index in [9.17, 15) is 0 Å². The number of hydrogen-bond acceptors (Lipinski definition) is 3. The number of aliphatic hydroxyl groups is 1. The summed E-state index contributed by atoms with van der Waals surface area (Å²) in [6.07, 6.45) is 2.28. The predicted octanol–water partition coefficient (Wildman–Crippen LogP) is 1.33. The summed E-state index contributed by atoms with van der Waals surface area (Å²) in [6.45, 7) is 3.25. The zero-order valence-electron chi connectivity index (χ0n) is 5.83. The van der Waals surface area contributed by atoms with Crippen molar-refractivity contribution in [2.75, 3.05) is 0 Å². The zero-order chi connectivity index (χ0) is 6.91. The molecule has 1 aliphatic carbocycles. The molecule has 0 aromatic rings. The lowest BCUT2D eigenvalue weighted by molar-refractivity contribution is 0.0814. The van der Waals surface area contributed by atoms with Crippen LogP contribution < -0.4 is 0 Å². The Balaban J connectivity index is 2.29. The third-order valence-corrected chi connectivity index (χ3v) is 1.01. The monoisotopic (exact) mass is 128 g/mol. The van der Waals surface area contributed by atoms with Crippen molar-refractivity contribution in [1.29, 1.82) is 0 Å². The third-order valence-electron chi connectivity index (χ3n) is 1.01. The predicted molar refractivity (Wildman–Crippen MR) is 34.2 cm³/mol. The van der Waals surface area contributed by atoms with Crippen molar-refractivity contribution in [2.24, 2.45) is 10.2 Å². The fourth-order valence-electron chi connectivity index (χ4n) is 0.413. The molecule has 0 saturated heterocycles. The molecule has 1 fully saturated rings. The van der Waals surface area contributed by atoms with Gasteiger partial charge in [-0.25, -0.2) is 0 Å². The summed E-state index contributed by atoms with van der Waals surface area (Å²) in [7, 11) is 0. The second kappa shape index (κ2) is 2.06. The molecule has 1 N–H and O–H groups in total. The first-order valence-electron chi connectivity index (χ1n) is 3.22. The molecular weight excluding hydrogens is 116 g/mol. The standard InChI is InChI=1S/C6H12N2O/c1-6(2,9)8-7-5-3-4-5/h5,9H,3-4H2,1-2H3/b8-7+. The summed E-state index contributed by atoms with van der Waals surface area (Å²) in [5.41, 5.74) is -0.970. The fraction of sp³-hybridized carbons (Fsp3) is 1.00. The maximum absolute atomic E-state index is 9.03. The summed E-state index contributed by atoms with van der Waals surface area (Å²) in [5, 5.41) is 16.6. The molecule has 0 unspecified atom stereocenters. The smallest absolute Gasteiger partial charge is 0.170 e. The molecule has 0 bridgehead atoms. The van der Waals surface area contributed by atoms with Crippen molar-refractivity contribution < 1.29 is 5.11 Å². The van der Waals surface area contributed by atoms with E-state index in [2.05, 4.69) is 10.2 Å². The summed E-state index contributed by atoms with van der Waals surface area (Å²) in [4.78, 5) is 0. The van der Waals surface area contributed by atoms with Crippen molar-refractivity contribution in [3.8, 4) is 0 Å². The van der Waals surface area contributed by atoms with E-state index in [0.29, 0.717) is 6.04 Å². The van der Waals surface area contributed by atoms with Gasteiger partial charge < -0.3 is 5.11 Å². The Morgan fingerprint density at radius 3 is 2.33 bits per heavy atom. The van der Waals surface area contributed by atoms with E-state index in [1.54, 1.807) is 13.8 Å². The lowest BCUT2D eigenvalue weighted by atomic mass is 10.3. The van der Waals surface area contributed by atoms with E-state index in [1.807, 2.05) is 0 Å². The van der Waals surface area contributed by atoms with Crippen LogP contribution in [0.1, 0.15) is 26.7 Å². The van der Waals surface area contributed by atoms with Crippen molar-refractivity contribution in [2.45, 2.75) is 38.5 Å². The van der Waals surface area contributed by atoms with E-state index in [-0.39, 0.29) is 0 Å². The fourth-order valence-corrected chi connectivity index (χ4v) is 0.413. The van der Waals surface area contributed by atoms with Crippen LogP contribution in [-0.2, 0) is 0 Å². The molecule has 1 saturated carbocycles. The summed E-state index contributed by atoms with van der Waals surface area (Å²) in [6, 6.07) is 0.413. The van der Waals surface area contributed by atoms with E-state index in [4.69, 9.17) is 5.11 Å². The maximum atomic E-state index is 9.03. The number of nitrogens with zero attached hydrogens (tertiary/aromatic N) is 2. The van der Waals surface area contributed by atoms with Crippen molar-refractivity contribution in [3.05, 3.63) is 0 Å². The highest BCUT2D eigenvalue weighted by Crippen LogP contribution is 2.24. The van der Waals surface area contributed by atoms with Gasteiger partial charge in [-0.15, -0.1) is 0 Å². The van der Waals surface area contributed by atoms with Gasteiger partial charge in [0.25, 0.3) is 0 Å². The molecular formula is C6H12N2O. The van der Waals surface area contributed by atoms with Gasteiger partial charge in [0.15, 0.2) is 5.72 Å². The van der Waals surface area contributed by atoms with Crippen LogP contribution in [0.25, 0.3) is 0 Å². The molecule has 0 amide bonds. The molecule has 1 rings (SSSR count). The topological polar surface area (TPSA) is 45.0 Å². The van der Waals surface area contributed by atoms with Crippen LogP contribution in [0.5, 0.6) is 0 Å². The second-order valence-electron chi connectivity index (χ2n) is 2.94. The van der Waals surface area contributed by atoms with Crippen LogP contribution in [0.4, 0.5) is 0 Å². The minimum Gasteiger partial charge on any atom is -0.368 e. The first-order chi connectivity index (χ1) is 4.08. The van der Waals surface area contributed by atoms with E-state index in [1.165, 1.54) is 0 Å². The first kappa shape index (κ1) is 6.68. The first-order valence-corrected chi connectivity index (χ1v) is 3.22. The van der Waals surface area contributed by atoms with Crippen LogP contribution in [0.15, 0.2) is 10.2 Å². The Hall–Kier alpha value is -0.440. The van der Waals surface area contributed by atoms with Gasteiger partial charge in [0.1, 0.15) is 0 Å². The van der Waals surface area contributed by atoms with Crippen LogP contribution in [0.3, 0.4) is 0 Å². The molecule has 0 heterocycles. The third kappa shape index (κ3) is 3.19. The van der Waals surface area contributed by atoms with Crippen LogP contribution in [0, 0.1) is 0 Å². The molecule has 0 spiro atoms. The largest absolute Gasteiger partial charge is 0.368 e. The van der Waals surface area contributed by atoms with Gasteiger partial charge in [0, 0.05) is 0 Å². The van der Waals surface area contributed by atoms with Crippen molar-refractivity contribution in [3.63, 3.8) is 0 Å². The summed E-state index contributed by atoms with van der Waals surface area (Å²) < 4.78 is 0. The van der Waals surface area contributed by atoms with E-state index < -0.39 is 5.72 Å². The molecule has 3 heteroatoms. The molecule has 52 valence electrons. The molecule has 1 aliphatic rings. The maximum Gasteiger partial charge on any atom is 0.170 e. The van der Waals surface area contributed by atoms with Crippen LogP contribution >= 0.6 is 0 Å². The second-order valence-corrected chi connectivity index (χ2v) is 2.94. The van der Waals surface area contributed by atoms with Gasteiger partial charge >= 0.3 is 0 Å². The van der Waals surface area contributed by atoms with Gasteiger partial charge in [-0.1, -0.05) is 0 Å². The highest BCUT2D eigenvalue weighted by molar-refractivity contribution is 4.79. The molecule has 0 aliphatic heterocycles. The lowest BCUT2D eigenvalue weighted by Gasteiger charge is -2.06. The normalized spacial score (nSPS) is 21.2.